The van der Waals surface area contributed by atoms with Gasteiger partial charge in [0.05, 0.1) is 27.8 Å². The van der Waals surface area contributed by atoms with Crippen LogP contribution in [0.4, 0.5) is 5.69 Å². The first kappa shape index (κ1) is 30.4. The zero-order chi connectivity index (χ0) is 31.4. The number of carbonyl (C=O) groups is 1. The van der Waals surface area contributed by atoms with Gasteiger partial charge in [-0.3, -0.25) is 24.3 Å². The number of ether oxygens (including phenoxy) is 2. The van der Waals surface area contributed by atoms with Crippen molar-refractivity contribution in [1.29, 1.82) is 0 Å². The number of hydrogen-bond donors (Lipinski definition) is 0. The average Bonchev–Trinajstić information content (AvgIpc) is 3.34. The van der Waals surface area contributed by atoms with Crippen molar-refractivity contribution in [2.45, 2.75) is 33.4 Å². The van der Waals surface area contributed by atoms with E-state index in [1.165, 1.54) is 23.5 Å². The summed E-state index contributed by atoms with van der Waals surface area (Å²) in [5, 5.41) is 11.0. The predicted octanol–water partition coefficient (Wildman–Crippen LogP) is 4.60. The first-order valence-electron chi connectivity index (χ1n) is 14.2. The molecule has 0 radical (unpaired) electrons. The number of hydrogen-bond acceptors (Lipinski definition) is 8. The summed E-state index contributed by atoms with van der Waals surface area (Å²) in [7, 11) is 1.57. The second kappa shape index (κ2) is 13.1. The molecule has 1 aromatic heterocycles. The molecule has 11 heteroatoms. The van der Waals surface area contributed by atoms with Gasteiger partial charge in [0.15, 0.2) is 4.80 Å². The minimum atomic E-state index is -0.730. The number of aromatic nitrogens is 1. The van der Waals surface area contributed by atoms with Crippen LogP contribution in [0.1, 0.15) is 43.5 Å². The lowest BCUT2D eigenvalue weighted by molar-refractivity contribution is -0.384. The number of nitro groups is 1. The maximum atomic E-state index is 14.2. The van der Waals surface area contributed by atoms with E-state index in [9.17, 15) is 19.7 Å². The minimum absolute atomic E-state index is 0.00754. The third kappa shape index (κ3) is 5.91. The van der Waals surface area contributed by atoms with Crippen LogP contribution < -0.4 is 24.4 Å². The highest BCUT2D eigenvalue weighted by molar-refractivity contribution is 7.07. The lowest BCUT2D eigenvalue weighted by Crippen LogP contribution is -2.43. The molecular weight excluding hydrogens is 580 g/mol. The van der Waals surface area contributed by atoms with E-state index in [1.807, 2.05) is 56.3 Å². The SMILES string of the molecule is CCN(CC)C(=O)C1=C(C)N=c2s/c(=C/c3ccccc3OCc3ccc([N+](=O)[O-])cc3)c(=O)n2[C@@H]1c1ccccc1OC. The number of non-ortho nitro benzene ring substituents is 1. The van der Waals surface area contributed by atoms with Gasteiger partial charge in [0.2, 0.25) is 0 Å². The number of likely N-dealkylation sites (N-methyl/N-ethyl adjacent to an activating group) is 1. The Bertz CT molecular complexity index is 1920. The number of rotatable bonds is 10. The van der Waals surface area contributed by atoms with Gasteiger partial charge in [-0.2, -0.15) is 0 Å². The lowest BCUT2D eigenvalue weighted by atomic mass is 9.94. The summed E-state index contributed by atoms with van der Waals surface area (Å²) in [5.74, 6) is 0.939. The summed E-state index contributed by atoms with van der Waals surface area (Å²) in [6.07, 6.45) is 1.76. The highest BCUT2D eigenvalue weighted by Gasteiger charge is 2.35. The Kier molecular flexibility index (Phi) is 9.05. The Morgan fingerprint density at radius 3 is 2.36 bits per heavy atom. The predicted molar refractivity (Wildman–Crippen MR) is 169 cm³/mol. The van der Waals surface area contributed by atoms with E-state index in [2.05, 4.69) is 0 Å². The highest BCUT2D eigenvalue weighted by Crippen LogP contribution is 2.36. The molecule has 0 unspecified atom stereocenters. The molecule has 5 rings (SSSR count). The van der Waals surface area contributed by atoms with Crippen LogP contribution >= 0.6 is 11.3 Å². The quantitative estimate of drug-likeness (QED) is 0.191. The summed E-state index contributed by atoms with van der Waals surface area (Å²) in [5.41, 5.74) is 2.85. The molecule has 4 aromatic rings. The van der Waals surface area contributed by atoms with Crippen LogP contribution in [0.25, 0.3) is 6.08 Å². The molecular formula is C33H32N4O6S. The van der Waals surface area contributed by atoms with Crippen molar-refractivity contribution in [2.24, 2.45) is 4.99 Å². The zero-order valence-electron chi connectivity index (χ0n) is 24.9. The molecule has 0 N–H and O–H groups in total. The summed E-state index contributed by atoms with van der Waals surface area (Å²) in [4.78, 5) is 45.5. The van der Waals surface area contributed by atoms with E-state index in [1.54, 1.807) is 47.8 Å². The fourth-order valence-corrected chi connectivity index (χ4v) is 6.25. The number of allylic oxidation sites excluding steroid dienone is 1. The Morgan fingerprint density at radius 2 is 1.70 bits per heavy atom. The van der Waals surface area contributed by atoms with Crippen molar-refractivity contribution >= 4 is 29.0 Å². The van der Waals surface area contributed by atoms with Crippen molar-refractivity contribution < 1.29 is 19.2 Å². The number of nitrogens with zero attached hydrogens (tertiary/aromatic N) is 4. The van der Waals surface area contributed by atoms with Crippen molar-refractivity contribution in [3.05, 3.63) is 131 Å². The molecule has 226 valence electrons. The lowest BCUT2D eigenvalue weighted by Gasteiger charge is -2.29. The third-order valence-electron chi connectivity index (χ3n) is 7.48. The van der Waals surface area contributed by atoms with Crippen LogP contribution in [0.5, 0.6) is 11.5 Å². The van der Waals surface area contributed by atoms with Crippen molar-refractivity contribution in [3.63, 3.8) is 0 Å². The van der Waals surface area contributed by atoms with E-state index in [0.717, 1.165) is 5.56 Å². The molecule has 0 aliphatic carbocycles. The fraction of sp³-hybridized carbons (Fsp3) is 0.242. The molecule has 1 amide bonds. The van der Waals surface area contributed by atoms with Crippen molar-refractivity contribution in [1.82, 2.24) is 9.47 Å². The molecule has 1 atom stereocenters. The van der Waals surface area contributed by atoms with E-state index in [0.29, 0.717) is 56.3 Å². The normalized spacial score (nSPS) is 14.5. The molecule has 0 saturated carbocycles. The van der Waals surface area contributed by atoms with Gasteiger partial charge in [-0.05, 0) is 56.7 Å². The van der Waals surface area contributed by atoms with E-state index < -0.39 is 11.0 Å². The van der Waals surface area contributed by atoms with Crippen LogP contribution in [0.2, 0.25) is 0 Å². The minimum Gasteiger partial charge on any atom is -0.496 e. The second-order valence-electron chi connectivity index (χ2n) is 10.1. The van der Waals surface area contributed by atoms with Gasteiger partial charge in [0.25, 0.3) is 17.2 Å². The van der Waals surface area contributed by atoms with Gasteiger partial charge in [0, 0.05) is 36.3 Å². The van der Waals surface area contributed by atoms with Crippen LogP contribution in [0, 0.1) is 10.1 Å². The summed E-state index contributed by atoms with van der Waals surface area (Å²) in [6.45, 7) is 6.88. The molecule has 10 nitrogen and oxygen atoms in total. The molecule has 1 aliphatic heterocycles. The summed E-state index contributed by atoms with van der Waals surface area (Å²) < 4.78 is 13.8. The van der Waals surface area contributed by atoms with E-state index in [4.69, 9.17) is 14.5 Å². The van der Waals surface area contributed by atoms with Crippen LogP contribution in [0.3, 0.4) is 0 Å². The molecule has 0 fully saturated rings. The molecule has 0 spiro atoms. The molecule has 0 bridgehead atoms. The van der Waals surface area contributed by atoms with Gasteiger partial charge < -0.3 is 14.4 Å². The van der Waals surface area contributed by atoms with Gasteiger partial charge in [0.1, 0.15) is 24.1 Å². The molecule has 44 heavy (non-hydrogen) atoms. The van der Waals surface area contributed by atoms with Gasteiger partial charge in [-0.1, -0.05) is 47.7 Å². The first-order chi connectivity index (χ1) is 21.3. The molecule has 1 aliphatic rings. The second-order valence-corrected chi connectivity index (χ2v) is 11.1. The van der Waals surface area contributed by atoms with E-state index >= 15 is 0 Å². The number of nitro benzene ring substituents is 1. The van der Waals surface area contributed by atoms with Crippen molar-refractivity contribution in [2.75, 3.05) is 20.2 Å². The Labute approximate surface area is 258 Å². The van der Waals surface area contributed by atoms with Crippen LogP contribution in [-0.2, 0) is 11.4 Å². The Morgan fingerprint density at radius 1 is 1.05 bits per heavy atom. The van der Waals surface area contributed by atoms with Gasteiger partial charge in [-0.15, -0.1) is 0 Å². The smallest absolute Gasteiger partial charge is 0.271 e. The molecule has 2 heterocycles. The average molecular weight is 613 g/mol. The number of methoxy groups -OCH3 is 1. The monoisotopic (exact) mass is 612 g/mol. The number of thiazole rings is 1. The number of fused-ring (bicyclic) bond motifs is 1. The summed E-state index contributed by atoms with van der Waals surface area (Å²) in [6, 6.07) is 20.2. The van der Waals surface area contributed by atoms with E-state index in [-0.39, 0.29) is 23.8 Å². The number of benzene rings is 3. The first-order valence-corrected chi connectivity index (χ1v) is 15.0. The largest absolute Gasteiger partial charge is 0.496 e. The van der Waals surface area contributed by atoms with Crippen molar-refractivity contribution in [3.8, 4) is 11.5 Å². The van der Waals surface area contributed by atoms with Gasteiger partial charge >= 0.3 is 0 Å². The Hall–Kier alpha value is -5.03. The van der Waals surface area contributed by atoms with Crippen LogP contribution in [-0.4, -0.2) is 40.5 Å². The highest BCUT2D eigenvalue weighted by atomic mass is 32.1. The topological polar surface area (TPSA) is 116 Å². The molecule has 3 aromatic carbocycles. The summed E-state index contributed by atoms with van der Waals surface area (Å²) >= 11 is 1.24. The molecule has 0 saturated heterocycles. The Balaban J connectivity index is 1.59. The maximum Gasteiger partial charge on any atom is 0.271 e. The maximum absolute atomic E-state index is 14.2. The third-order valence-corrected chi connectivity index (χ3v) is 8.47. The zero-order valence-corrected chi connectivity index (χ0v) is 25.7. The number of amides is 1. The number of para-hydroxylation sites is 2. The number of carbonyl (C=O) groups excluding carboxylic acids is 1. The van der Waals surface area contributed by atoms with Crippen LogP contribution in [0.15, 0.2) is 93.9 Å². The standard InChI is InChI=1S/C33H32N4O6S/c1-5-35(6-2)32(39)29-21(3)34-33-36(30(29)25-12-8-10-14-27(25)42-4)31(38)28(44-33)19-23-11-7-9-13-26(23)43-20-22-15-17-24(18-16-22)37(40)41/h7-19,30H,5-6,20H2,1-4H3/b28-19+/t30-/m1/s1. The fourth-order valence-electron chi connectivity index (χ4n) is 5.21. The van der Waals surface area contributed by atoms with Gasteiger partial charge in [-0.25, -0.2) is 4.99 Å².